The molecule has 100 valence electrons. The van der Waals surface area contributed by atoms with Crippen LogP contribution in [0.5, 0.6) is 0 Å². The van der Waals surface area contributed by atoms with E-state index in [4.69, 9.17) is 12.2 Å². The molecule has 1 fully saturated rings. The van der Waals surface area contributed by atoms with E-state index in [2.05, 4.69) is 39.7 Å². The molecule has 2 rings (SSSR count). The highest BCUT2D eigenvalue weighted by Crippen LogP contribution is 2.30. The third-order valence-electron chi connectivity index (χ3n) is 3.11. The molecule has 0 amide bonds. The van der Waals surface area contributed by atoms with Gasteiger partial charge in [-0.25, -0.2) is 13.4 Å². The van der Waals surface area contributed by atoms with E-state index in [-0.39, 0.29) is 23.3 Å². The minimum absolute atomic E-state index is 0.0534. The van der Waals surface area contributed by atoms with E-state index in [1.807, 2.05) is 0 Å². The fraction of sp³-hybridized carbons (Fsp3) is 0.636. The second kappa shape index (κ2) is 5.02. The monoisotopic (exact) mass is 350 g/mol. The second-order valence-corrected chi connectivity index (χ2v) is 8.32. The second-order valence-electron chi connectivity index (χ2n) is 4.91. The van der Waals surface area contributed by atoms with Crippen LogP contribution in [0.15, 0.2) is 4.47 Å². The summed E-state index contributed by atoms with van der Waals surface area (Å²) in [5.41, 5.74) is 0.981. The Morgan fingerprint density at radius 3 is 2.67 bits per heavy atom. The highest BCUT2D eigenvalue weighted by atomic mass is 79.9. The van der Waals surface area contributed by atoms with Crippen molar-refractivity contribution in [2.24, 2.45) is 0 Å². The van der Waals surface area contributed by atoms with E-state index in [1.54, 1.807) is 0 Å². The Morgan fingerprint density at radius 1 is 1.50 bits per heavy atom. The molecule has 0 saturated carbocycles. The number of H-pyrrole nitrogens is 1. The van der Waals surface area contributed by atoms with Crippen LogP contribution >= 0.6 is 28.1 Å². The molecular formula is C11H15BrN2O2S2. The van der Waals surface area contributed by atoms with Gasteiger partial charge in [0.1, 0.15) is 10.5 Å². The summed E-state index contributed by atoms with van der Waals surface area (Å²) >= 11 is 8.64. The van der Waals surface area contributed by atoms with Crippen molar-refractivity contribution in [1.29, 1.82) is 0 Å². The van der Waals surface area contributed by atoms with E-state index in [1.165, 1.54) is 0 Å². The van der Waals surface area contributed by atoms with Crippen molar-refractivity contribution in [3.05, 3.63) is 20.6 Å². The van der Waals surface area contributed by atoms with Crippen LogP contribution in [0, 0.1) is 4.64 Å². The Bertz CT molecular complexity index is 622. The van der Waals surface area contributed by atoms with Gasteiger partial charge in [-0.2, -0.15) is 0 Å². The molecule has 1 N–H and O–H groups in total. The summed E-state index contributed by atoms with van der Waals surface area (Å²) in [6, 6.07) is 0. The van der Waals surface area contributed by atoms with Crippen LogP contribution < -0.4 is 0 Å². The average molecular weight is 351 g/mol. The molecule has 1 aliphatic heterocycles. The normalized spacial score (nSPS) is 22.6. The van der Waals surface area contributed by atoms with Crippen molar-refractivity contribution >= 4 is 38.0 Å². The number of rotatable bonds is 2. The van der Waals surface area contributed by atoms with Gasteiger partial charge in [-0.1, -0.05) is 26.1 Å². The Balaban J connectivity index is 2.44. The zero-order chi connectivity index (χ0) is 13.5. The van der Waals surface area contributed by atoms with Gasteiger partial charge >= 0.3 is 0 Å². The molecule has 0 spiro atoms. The predicted octanol–water partition coefficient (Wildman–Crippen LogP) is 2.93. The topological polar surface area (TPSA) is 62.8 Å². The van der Waals surface area contributed by atoms with Crippen LogP contribution in [0.1, 0.15) is 43.6 Å². The highest BCUT2D eigenvalue weighted by molar-refractivity contribution is 9.10. The molecule has 1 aliphatic rings. The summed E-state index contributed by atoms with van der Waals surface area (Å²) in [6.07, 6.45) is 0.625. The number of sulfone groups is 1. The third-order valence-corrected chi connectivity index (χ3v) is 6.23. The van der Waals surface area contributed by atoms with E-state index in [9.17, 15) is 8.42 Å². The highest BCUT2D eigenvalue weighted by Gasteiger charge is 2.31. The largest absolute Gasteiger partial charge is 0.346 e. The molecule has 1 unspecified atom stereocenters. The lowest BCUT2D eigenvalue weighted by Crippen LogP contribution is -2.10. The smallest absolute Gasteiger partial charge is 0.151 e. The summed E-state index contributed by atoms with van der Waals surface area (Å²) in [6.45, 7) is 4.11. The van der Waals surface area contributed by atoms with Gasteiger partial charge in [0.25, 0.3) is 0 Å². The van der Waals surface area contributed by atoms with Crippen LogP contribution in [0.4, 0.5) is 0 Å². The first-order chi connectivity index (χ1) is 8.30. The molecule has 1 saturated heterocycles. The SMILES string of the molecule is CC(C)c1[nH]c(C2CCS(=O)(=O)C2)nc(=S)c1Br. The quantitative estimate of drug-likeness (QED) is 0.833. The number of hydrogen-bond acceptors (Lipinski definition) is 4. The Morgan fingerprint density at radius 2 is 2.17 bits per heavy atom. The zero-order valence-electron chi connectivity index (χ0n) is 10.2. The van der Waals surface area contributed by atoms with Gasteiger partial charge in [0, 0.05) is 11.6 Å². The molecule has 1 atom stereocenters. The third kappa shape index (κ3) is 2.83. The number of aromatic amines is 1. The van der Waals surface area contributed by atoms with Crippen molar-refractivity contribution < 1.29 is 8.42 Å². The maximum Gasteiger partial charge on any atom is 0.151 e. The number of hydrogen-bond donors (Lipinski definition) is 1. The summed E-state index contributed by atoms with van der Waals surface area (Å²) in [4.78, 5) is 7.55. The fourth-order valence-corrected chi connectivity index (χ4v) is 4.70. The standard InChI is InChI=1S/C11H15BrN2O2S2/c1-6(2)9-8(12)11(17)14-10(13-9)7-3-4-18(15,16)5-7/h6-7H,3-5H2,1-2H3,(H,13,14,17). The van der Waals surface area contributed by atoms with Crippen molar-refractivity contribution in [2.75, 3.05) is 11.5 Å². The summed E-state index contributed by atoms with van der Waals surface area (Å²) < 4.78 is 24.3. The Hall–Kier alpha value is -0.270. The van der Waals surface area contributed by atoms with E-state index in [0.717, 1.165) is 10.2 Å². The first-order valence-electron chi connectivity index (χ1n) is 5.80. The Kier molecular flexibility index (Phi) is 3.94. The van der Waals surface area contributed by atoms with Gasteiger partial charge in [0.05, 0.1) is 16.0 Å². The zero-order valence-corrected chi connectivity index (χ0v) is 13.5. The van der Waals surface area contributed by atoms with Gasteiger partial charge in [-0.3, -0.25) is 0 Å². The van der Waals surface area contributed by atoms with Crippen LogP contribution in [-0.2, 0) is 9.84 Å². The average Bonchev–Trinajstić information content (AvgIpc) is 2.62. The van der Waals surface area contributed by atoms with Gasteiger partial charge in [-0.15, -0.1) is 0 Å². The molecule has 7 heteroatoms. The molecule has 1 aromatic heterocycles. The number of halogens is 1. The minimum atomic E-state index is -2.91. The van der Waals surface area contributed by atoms with Crippen LogP contribution in [0.25, 0.3) is 0 Å². The molecule has 0 aliphatic carbocycles. The van der Waals surface area contributed by atoms with Gasteiger partial charge in [0.15, 0.2) is 9.84 Å². The van der Waals surface area contributed by atoms with Crippen LogP contribution in [0.2, 0.25) is 0 Å². The van der Waals surface area contributed by atoms with Crippen molar-refractivity contribution in [1.82, 2.24) is 9.97 Å². The van der Waals surface area contributed by atoms with Crippen LogP contribution in [0.3, 0.4) is 0 Å². The lowest BCUT2D eigenvalue weighted by atomic mass is 10.1. The van der Waals surface area contributed by atoms with Gasteiger partial charge in [0.2, 0.25) is 0 Å². The molecule has 0 radical (unpaired) electrons. The number of aromatic nitrogens is 2. The predicted molar refractivity (Wildman–Crippen MR) is 77.2 cm³/mol. The minimum Gasteiger partial charge on any atom is -0.346 e. The maximum atomic E-state index is 11.5. The summed E-state index contributed by atoms with van der Waals surface area (Å²) in [5, 5.41) is 0. The molecule has 2 heterocycles. The van der Waals surface area contributed by atoms with Gasteiger partial charge in [-0.05, 0) is 28.3 Å². The van der Waals surface area contributed by atoms with Crippen molar-refractivity contribution in [3.63, 3.8) is 0 Å². The summed E-state index contributed by atoms with van der Waals surface area (Å²) in [7, 11) is -2.91. The van der Waals surface area contributed by atoms with Crippen LogP contribution in [-0.4, -0.2) is 29.9 Å². The molecular weight excluding hydrogens is 336 g/mol. The maximum absolute atomic E-state index is 11.5. The van der Waals surface area contributed by atoms with E-state index < -0.39 is 9.84 Å². The number of nitrogens with zero attached hydrogens (tertiary/aromatic N) is 1. The first-order valence-corrected chi connectivity index (χ1v) is 8.82. The van der Waals surface area contributed by atoms with Crippen molar-refractivity contribution in [3.8, 4) is 0 Å². The molecule has 4 nitrogen and oxygen atoms in total. The first kappa shape index (κ1) is 14.1. The number of nitrogens with one attached hydrogen (secondary N) is 1. The lowest BCUT2D eigenvalue weighted by Gasteiger charge is -2.14. The molecule has 0 bridgehead atoms. The Labute approximate surface area is 120 Å². The van der Waals surface area contributed by atoms with Gasteiger partial charge < -0.3 is 4.98 Å². The van der Waals surface area contributed by atoms with E-state index in [0.29, 0.717) is 16.9 Å². The van der Waals surface area contributed by atoms with E-state index >= 15 is 0 Å². The molecule has 0 aromatic carbocycles. The lowest BCUT2D eigenvalue weighted by molar-refractivity contribution is 0.600. The molecule has 18 heavy (non-hydrogen) atoms. The fourth-order valence-electron chi connectivity index (χ4n) is 2.10. The molecule has 1 aromatic rings. The summed E-state index contributed by atoms with van der Waals surface area (Å²) in [5.74, 6) is 1.34. The van der Waals surface area contributed by atoms with Crippen molar-refractivity contribution in [2.45, 2.75) is 32.1 Å².